The zero-order valence-corrected chi connectivity index (χ0v) is 14.5. The van der Waals surface area contributed by atoms with Crippen molar-refractivity contribution in [2.75, 3.05) is 6.61 Å². The van der Waals surface area contributed by atoms with Gasteiger partial charge in [-0.1, -0.05) is 28.1 Å². The molecule has 0 spiro atoms. The van der Waals surface area contributed by atoms with Gasteiger partial charge in [0.1, 0.15) is 0 Å². The number of hydrogen-bond donors (Lipinski definition) is 1. The number of rotatable bonds is 5. The molecule has 0 radical (unpaired) electrons. The molecule has 2 rings (SSSR count). The second-order valence-electron chi connectivity index (χ2n) is 5.11. The van der Waals surface area contributed by atoms with E-state index in [1.165, 1.54) is 24.3 Å². The summed E-state index contributed by atoms with van der Waals surface area (Å²) in [6, 6.07) is 15.4. The SMILES string of the molecule is C[C@@H](NC(=O)COC(=O)c1ccc(C#N)cc1)c1ccc(Br)cc1. The molecule has 2 aromatic rings. The molecular weight excluding hydrogens is 372 g/mol. The molecule has 0 unspecified atom stereocenters. The maximum absolute atomic E-state index is 11.9. The molecule has 6 heteroatoms. The van der Waals surface area contributed by atoms with E-state index >= 15 is 0 Å². The molecule has 1 atom stereocenters. The highest BCUT2D eigenvalue weighted by Gasteiger charge is 2.13. The third-order valence-electron chi connectivity index (χ3n) is 3.33. The minimum absolute atomic E-state index is 0.195. The van der Waals surface area contributed by atoms with E-state index < -0.39 is 5.97 Å². The van der Waals surface area contributed by atoms with Gasteiger partial charge in [0, 0.05) is 4.47 Å². The molecule has 0 aromatic heterocycles. The van der Waals surface area contributed by atoms with Crippen molar-refractivity contribution in [2.45, 2.75) is 13.0 Å². The first-order chi connectivity index (χ1) is 11.5. The number of nitriles is 1. The summed E-state index contributed by atoms with van der Waals surface area (Å²) in [6.45, 7) is 1.49. The maximum Gasteiger partial charge on any atom is 0.338 e. The highest BCUT2D eigenvalue weighted by molar-refractivity contribution is 9.10. The minimum atomic E-state index is -0.606. The molecule has 0 aliphatic rings. The van der Waals surface area contributed by atoms with Gasteiger partial charge in [0.15, 0.2) is 6.61 Å². The zero-order valence-electron chi connectivity index (χ0n) is 13.0. The van der Waals surface area contributed by atoms with Gasteiger partial charge in [-0.3, -0.25) is 4.79 Å². The topological polar surface area (TPSA) is 79.2 Å². The van der Waals surface area contributed by atoms with Crippen LogP contribution in [0.15, 0.2) is 53.0 Å². The number of benzene rings is 2. The van der Waals surface area contributed by atoms with Crippen LogP contribution >= 0.6 is 15.9 Å². The molecule has 2 aromatic carbocycles. The number of nitrogens with one attached hydrogen (secondary N) is 1. The number of carbonyl (C=O) groups excluding carboxylic acids is 2. The standard InChI is InChI=1S/C18H15BrN2O3/c1-12(14-6-8-16(19)9-7-14)21-17(22)11-24-18(23)15-4-2-13(10-20)3-5-15/h2-9,12H,11H2,1H3,(H,21,22)/t12-/m1/s1. The predicted octanol–water partition coefficient (Wildman–Crippen LogP) is 3.35. The molecule has 24 heavy (non-hydrogen) atoms. The molecule has 1 N–H and O–H groups in total. The van der Waals surface area contributed by atoms with Gasteiger partial charge in [0.05, 0.1) is 23.2 Å². The van der Waals surface area contributed by atoms with Crippen molar-refractivity contribution in [2.24, 2.45) is 0 Å². The van der Waals surface area contributed by atoms with Crippen LogP contribution in [0.5, 0.6) is 0 Å². The van der Waals surface area contributed by atoms with E-state index in [1.54, 1.807) is 0 Å². The van der Waals surface area contributed by atoms with Crippen LogP contribution < -0.4 is 5.32 Å². The Hall–Kier alpha value is -2.65. The Kier molecular flexibility index (Phi) is 6.10. The fraction of sp³-hybridized carbons (Fsp3) is 0.167. The van der Waals surface area contributed by atoms with Gasteiger partial charge in [-0.15, -0.1) is 0 Å². The third kappa shape index (κ3) is 4.93. The first kappa shape index (κ1) is 17.7. The summed E-state index contributed by atoms with van der Waals surface area (Å²) in [5.74, 6) is -0.988. The molecule has 0 saturated carbocycles. The average Bonchev–Trinajstić information content (AvgIpc) is 2.60. The number of esters is 1. The van der Waals surface area contributed by atoms with E-state index in [0.29, 0.717) is 11.1 Å². The van der Waals surface area contributed by atoms with Crippen molar-refractivity contribution in [1.82, 2.24) is 5.32 Å². The molecule has 0 fully saturated rings. The molecule has 0 aliphatic carbocycles. The molecule has 0 bridgehead atoms. The maximum atomic E-state index is 11.9. The van der Waals surface area contributed by atoms with Crippen molar-refractivity contribution < 1.29 is 14.3 Å². The van der Waals surface area contributed by atoms with Crippen LogP contribution in [0.2, 0.25) is 0 Å². The highest BCUT2D eigenvalue weighted by atomic mass is 79.9. The normalized spacial score (nSPS) is 11.2. The number of nitrogens with zero attached hydrogens (tertiary/aromatic N) is 1. The van der Waals surface area contributed by atoms with Crippen LogP contribution in [0.3, 0.4) is 0 Å². The number of carbonyl (C=O) groups is 2. The smallest absolute Gasteiger partial charge is 0.338 e. The molecule has 0 heterocycles. The van der Waals surface area contributed by atoms with Gasteiger partial charge in [0.2, 0.25) is 0 Å². The number of amides is 1. The van der Waals surface area contributed by atoms with Crippen molar-refractivity contribution >= 4 is 27.8 Å². The lowest BCUT2D eigenvalue weighted by molar-refractivity contribution is -0.124. The summed E-state index contributed by atoms with van der Waals surface area (Å²) >= 11 is 3.35. The Bertz CT molecular complexity index is 764. The van der Waals surface area contributed by atoms with Gasteiger partial charge in [-0.2, -0.15) is 5.26 Å². The number of halogens is 1. The molecule has 5 nitrogen and oxygen atoms in total. The Labute approximate surface area is 148 Å². The van der Waals surface area contributed by atoms with Crippen molar-refractivity contribution in [3.8, 4) is 6.07 Å². The van der Waals surface area contributed by atoms with Crippen LogP contribution in [-0.2, 0) is 9.53 Å². The van der Waals surface area contributed by atoms with Gasteiger partial charge < -0.3 is 10.1 Å². The predicted molar refractivity (Wildman–Crippen MR) is 92.1 cm³/mol. The van der Waals surface area contributed by atoms with Gasteiger partial charge in [-0.05, 0) is 48.9 Å². The molecule has 122 valence electrons. The fourth-order valence-corrected chi connectivity index (χ4v) is 2.28. The van der Waals surface area contributed by atoms with E-state index in [4.69, 9.17) is 10.00 Å². The molecule has 0 saturated heterocycles. The van der Waals surface area contributed by atoms with Gasteiger partial charge >= 0.3 is 5.97 Å². The van der Waals surface area contributed by atoms with Gasteiger partial charge in [-0.25, -0.2) is 4.79 Å². The van der Waals surface area contributed by atoms with Crippen molar-refractivity contribution in [1.29, 1.82) is 5.26 Å². The van der Waals surface area contributed by atoms with Crippen molar-refractivity contribution in [3.05, 3.63) is 69.7 Å². The molecule has 0 aliphatic heterocycles. The van der Waals surface area contributed by atoms with E-state index in [9.17, 15) is 9.59 Å². The monoisotopic (exact) mass is 386 g/mol. The van der Waals surface area contributed by atoms with Crippen LogP contribution in [0.25, 0.3) is 0 Å². The quantitative estimate of drug-likeness (QED) is 0.798. The largest absolute Gasteiger partial charge is 0.452 e. The second-order valence-corrected chi connectivity index (χ2v) is 6.02. The number of hydrogen-bond acceptors (Lipinski definition) is 4. The zero-order chi connectivity index (χ0) is 17.5. The third-order valence-corrected chi connectivity index (χ3v) is 3.86. The minimum Gasteiger partial charge on any atom is -0.452 e. The van der Waals surface area contributed by atoms with Crippen LogP contribution in [-0.4, -0.2) is 18.5 Å². The summed E-state index contributed by atoms with van der Waals surface area (Å²) in [6.07, 6.45) is 0. The summed E-state index contributed by atoms with van der Waals surface area (Å²) in [7, 11) is 0. The Morgan fingerprint density at radius 2 is 1.79 bits per heavy atom. The summed E-state index contributed by atoms with van der Waals surface area (Å²) < 4.78 is 5.94. The van der Waals surface area contributed by atoms with Crippen LogP contribution in [0.1, 0.15) is 34.5 Å². The van der Waals surface area contributed by atoms with E-state index in [-0.39, 0.29) is 18.6 Å². The van der Waals surface area contributed by atoms with E-state index in [0.717, 1.165) is 10.0 Å². The average molecular weight is 387 g/mol. The lowest BCUT2D eigenvalue weighted by Gasteiger charge is -2.14. The lowest BCUT2D eigenvalue weighted by Crippen LogP contribution is -2.31. The molecule has 1 amide bonds. The lowest BCUT2D eigenvalue weighted by atomic mass is 10.1. The van der Waals surface area contributed by atoms with Gasteiger partial charge in [0.25, 0.3) is 5.91 Å². The second kappa shape index (κ2) is 8.27. The Balaban J connectivity index is 1.84. The first-order valence-electron chi connectivity index (χ1n) is 7.21. The Morgan fingerprint density at radius 1 is 1.17 bits per heavy atom. The Morgan fingerprint density at radius 3 is 2.38 bits per heavy atom. The van der Waals surface area contributed by atoms with E-state index in [1.807, 2.05) is 37.3 Å². The van der Waals surface area contributed by atoms with E-state index in [2.05, 4.69) is 21.2 Å². The first-order valence-corrected chi connectivity index (χ1v) is 8.01. The number of ether oxygens (including phenoxy) is 1. The summed E-state index contributed by atoms with van der Waals surface area (Å²) in [5, 5.41) is 11.5. The van der Waals surface area contributed by atoms with Crippen LogP contribution in [0.4, 0.5) is 0 Å². The highest BCUT2D eigenvalue weighted by Crippen LogP contribution is 2.16. The summed E-state index contributed by atoms with van der Waals surface area (Å²) in [5.41, 5.74) is 1.69. The van der Waals surface area contributed by atoms with Crippen LogP contribution in [0, 0.1) is 11.3 Å². The molecular formula is C18H15BrN2O3. The van der Waals surface area contributed by atoms with Crippen molar-refractivity contribution in [3.63, 3.8) is 0 Å². The summed E-state index contributed by atoms with van der Waals surface area (Å²) in [4.78, 5) is 23.7. The fourth-order valence-electron chi connectivity index (χ4n) is 2.01.